The summed E-state index contributed by atoms with van der Waals surface area (Å²) in [6.07, 6.45) is 0. The van der Waals surface area contributed by atoms with E-state index in [0.29, 0.717) is 17.8 Å². The van der Waals surface area contributed by atoms with E-state index in [0.717, 1.165) is 4.88 Å². The molecule has 1 aromatic carbocycles. The lowest BCUT2D eigenvalue weighted by Crippen LogP contribution is -2.30. The molecule has 0 saturated heterocycles. The third kappa shape index (κ3) is 3.69. The smallest absolute Gasteiger partial charge is 0.259 e. The van der Waals surface area contributed by atoms with Gasteiger partial charge in [0.25, 0.3) is 5.91 Å². The maximum absolute atomic E-state index is 13.3. The molecule has 0 aliphatic carbocycles. The lowest BCUT2D eigenvalue weighted by Gasteiger charge is -2.20. The molecule has 1 amide bonds. The van der Waals surface area contributed by atoms with Crippen molar-refractivity contribution in [2.75, 3.05) is 18.0 Å². The van der Waals surface area contributed by atoms with Crippen molar-refractivity contribution in [2.45, 2.75) is 6.92 Å². The lowest BCUT2D eigenvalue weighted by molar-refractivity contribution is 0.0988. The second-order valence-corrected chi connectivity index (χ2v) is 5.15. The maximum Gasteiger partial charge on any atom is 0.259 e. The van der Waals surface area contributed by atoms with E-state index in [1.807, 2.05) is 6.92 Å². The Morgan fingerprint density at radius 3 is 2.90 bits per heavy atom. The van der Waals surface area contributed by atoms with Gasteiger partial charge in [0, 0.05) is 17.6 Å². The Hall–Kier alpha value is -2.16. The summed E-state index contributed by atoms with van der Waals surface area (Å²) in [4.78, 5) is 14.8. The van der Waals surface area contributed by atoms with Crippen LogP contribution in [-0.2, 0) is 0 Å². The minimum Gasteiger partial charge on any atom is -0.320 e. The van der Waals surface area contributed by atoms with Crippen LogP contribution >= 0.6 is 11.3 Å². The van der Waals surface area contributed by atoms with Crippen molar-refractivity contribution in [1.29, 1.82) is 0 Å². The Labute approximate surface area is 127 Å². The molecule has 21 heavy (non-hydrogen) atoms. The number of benzene rings is 1. The molecule has 5 heteroatoms. The van der Waals surface area contributed by atoms with Crippen molar-refractivity contribution < 1.29 is 9.18 Å². The van der Waals surface area contributed by atoms with Gasteiger partial charge in [-0.1, -0.05) is 17.9 Å². The Morgan fingerprint density at radius 1 is 1.43 bits per heavy atom. The van der Waals surface area contributed by atoms with Crippen LogP contribution in [0, 0.1) is 17.7 Å². The van der Waals surface area contributed by atoms with E-state index in [2.05, 4.69) is 11.8 Å². The minimum absolute atomic E-state index is 0.167. The molecule has 0 saturated carbocycles. The number of rotatable bonds is 3. The predicted molar refractivity (Wildman–Crippen MR) is 84.0 cm³/mol. The third-order valence-electron chi connectivity index (χ3n) is 2.84. The molecule has 1 aromatic heterocycles. The molecule has 2 rings (SSSR count). The first-order valence-corrected chi connectivity index (χ1v) is 7.38. The number of halogens is 1. The van der Waals surface area contributed by atoms with Gasteiger partial charge in [0.2, 0.25) is 0 Å². The summed E-state index contributed by atoms with van der Waals surface area (Å²) in [6.45, 7) is 2.60. The Balaban J connectivity index is 2.26. The summed E-state index contributed by atoms with van der Waals surface area (Å²) in [5.74, 6) is 5.12. The van der Waals surface area contributed by atoms with E-state index in [4.69, 9.17) is 5.73 Å². The first-order valence-electron chi connectivity index (χ1n) is 6.50. The van der Waals surface area contributed by atoms with E-state index in [9.17, 15) is 9.18 Å². The number of nitrogens with zero attached hydrogens (tertiary/aromatic N) is 1. The molecule has 0 fully saturated rings. The van der Waals surface area contributed by atoms with Crippen LogP contribution in [0.1, 0.15) is 22.2 Å². The number of hydrogen-bond donors (Lipinski definition) is 1. The molecule has 0 spiro atoms. The molecule has 0 aliphatic heterocycles. The van der Waals surface area contributed by atoms with Crippen LogP contribution in [0.3, 0.4) is 0 Å². The topological polar surface area (TPSA) is 46.3 Å². The fraction of sp³-hybridized carbons (Fsp3) is 0.188. The molecule has 0 bridgehead atoms. The number of carbonyl (C=O) groups is 1. The zero-order chi connectivity index (χ0) is 15.2. The summed E-state index contributed by atoms with van der Waals surface area (Å²) in [6, 6.07) is 7.74. The Morgan fingerprint density at radius 2 is 2.24 bits per heavy atom. The zero-order valence-corrected chi connectivity index (χ0v) is 12.4. The molecule has 3 nitrogen and oxygen atoms in total. The normalized spacial score (nSPS) is 9.86. The van der Waals surface area contributed by atoms with E-state index >= 15 is 0 Å². The van der Waals surface area contributed by atoms with Crippen molar-refractivity contribution in [2.24, 2.45) is 5.73 Å². The minimum atomic E-state index is -0.362. The van der Waals surface area contributed by atoms with Crippen molar-refractivity contribution in [3.63, 3.8) is 0 Å². The fourth-order valence-corrected chi connectivity index (χ4v) is 2.64. The number of anilines is 1. The van der Waals surface area contributed by atoms with Gasteiger partial charge in [-0.25, -0.2) is 4.39 Å². The van der Waals surface area contributed by atoms with Crippen LogP contribution in [0.15, 0.2) is 35.7 Å². The highest BCUT2D eigenvalue weighted by molar-refractivity contribution is 7.10. The average Bonchev–Trinajstić information content (AvgIpc) is 2.94. The number of thiophene rings is 1. The predicted octanol–water partition coefficient (Wildman–Crippen LogP) is 2.86. The molecular weight excluding hydrogens is 287 g/mol. The maximum atomic E-state index is 13.3. The number of nitrogens with two attached hydrogens (primary N) is 1. The van der Waals surface area contributed by atoms with Crippen LogP contribution in [0.25, 0.3) is 0 Å². The lowest BCUT2D eigenvalue weighted by atomic mass is 10.2. The summed E-state index contributed by atoms with van der Waals surface area (Å²) in [5.41, 5.74) is 6.42. The van der Waals surface area contributed by atoms with E-state index in [-0.39, 0.29) is 18.3 Å². The van der Waals surface area contributed by atoms with Gasteiger partial charge in [-0.2, -0.15) is 0 Å². The molecule has 0 aliphatic rings. The van der Waals surface area contributed by atoms with Crippen molar-refractivity contribution in [1.82, 2.24) is 0 Å². The molecule has 2 aromatic rings. The number of amides is 1. The monoisotopic (exact) mass is 302 g/mol. The van der Waals surface area contributed by atoms with Gasteiger partial charge in [-0.3, -0.25) is 4.79 Å². The highest BCUT2D eigenvalue weighted by Gasteiger charge is 2.17. The van der Waals surface area contributed by atoms with Gasteiger partial charge in [0.15, 0.2) is 0 Å². The van der Waals surface area contributed by atoms with E-state index in [1.165, 1.54) is 28.4 Å². The standard InChI is InChI=1S/C16H15FN2OS/c1-2-19(14-6-3-5-13(17)10-14)16(20)12-9-15(21-11-12)7-4-8-18/h3,5-6,9-11H,2,8,18H2,1H3. The van der Waals surface area contributed by atoms with Crippen molar-refractivity contribution >= 4 is 22.9 Å². The molecule has 0 unspecified atom stereocenters. The van der Waals surface area contributed by atoms with Crippen LogP contribution in [-0.4, -0.2) is 19.0 Å². The highest BCUT2D eigenvalue weighted by atomic mass is 32.1. The second kappa shape index (κ2) is 7.02. The van der Waals surface area contributed by atoms with E-state index < -0.39 is 0 Å². The Kier molecular flexibility index (Phi) is 5.09. The zero-order valence-electron chi connectivity index (χ0n) is 11.6. The summed E-state index contributed by atoms with van der Waals surface area (Å²) < 4.78 is 13.3. The first kappa shape index (κ1) is 15.2. The fourth-order valence-electron chi connectivity index (χ4n) is 1.90. The molecule has 2 N–H and O–H groups in total. The first-order chi connectivity index (χ1) is 10.2. The number of hydrogen-bond acceptors (Lipinski definition) is 3. The van der Waals surface area contributed by atoms with Crippen molar-refractivity contribution in [3.05, 3.63) is 52.0 Å². The van der Waals surface area contributed by atoms with Gasteiger partial charge in [-0.05, 0) is 31.2 Å². The van der Waals surface area contributed by atoms with Gasteiger partial charge in [0.05, 0.1) is 17.0 Å². The van der Waals surface area contributed by atoms with E-state index in [1.54, 1.807) is 23.6 Å². The molecular formula is C16H15FN2OS. The molecule has 0 radical (unpaired) electrons. The third-order valence-corrected chi connectivity index (χ3v) is 3.69. The second-order valence-electron chi connectivity index (χ2n) is 4.23. The SMILES string of the molecule is CCN(C(=O)c1csc(C#CCN)c1)c1cccc(F)c1. The highest BCUT2D eigenvalue weighted by Crippen LogP contribution is 2.21. The van der Waals surface area contributed by atoms with Crippen LogP contribution in [0.2, 0.25) is 0 Å². The van der Waals surface area contributed by atoms with Crippen LogP contribution < -0.4 is 10.6 Å². The summed E-state index contributed by atoms with van der Waals surface area (Å²) >= 11 is 1.39. The van der Waals surface area contributed by atoms with Gasteiger partial charge < -0.3 is 10.6 Å². The molecule has 108 valence electrons. The van der Waals surface area contributed by atoms with Gasteiger partial charge >= 0.3 is 0 Å². The quantitative estimate of drug-likeness (QED) is 0.886. The van der Waals surface area contributed by atoms with Gasteiger partial charge in [-0.15, -0.1) is 11.3 Å². The largest absolute Gasteiger partial charge is 0.320 e. The molecule has 0 atom stereocenters. The summed E-state index contributed by atoms with van der Waals surface area (Å²) in [5, 5.41) is 1.75. The molecule has 1 heterocycles. The van der Waals surface area contributed by atoms with Crippen LogP contribution in [0.5, 0.6) is 0 Å². The van der Waals surface area contributed by atoms with Crippen molar-refractivity contribution in [3.8, 4) is 11.8 Å². The Bertz CT molecular complexity index is 700. The average molecular weight is 302 g/mol. The van der Waals surface area contributed by atoms with Crippen LogP contribution in [0.4, 0.5) is 10.1 Å². The number of carbonyl (C=O) groups excluding carboxylic acids is 1. The van der Waals surface area contributed by atoms with Gasteiger partial charge in [0.1, 0.15) is 5.82 Å². The summed E-state index contributed by atoms with van der Waals surface area (Å²) in [7, 11) is 0.